The summed E-state index contributed by atoms with van der Waals surface area (Å²) in [5.41, 5.74) is 0. The van der Waals surface area contributed by atoms with Crippen molar-refractivity contribution in [2.75, 3.05) is 13.1 Å². The van der Waals surface area contributed by atoms with Gasteiger partial charge in [-0.2, -0.15) is 0 Å². The third-order valence-corrected chi connectivity index (χ3v) is 4.08. The minimum absolute atomic E-state index is 0.959. The lowest BCUT2D eigenvalue weighted by molar-refractivity contribution is 0.376. The zero-order valence-corrected chi connectivity index (χ0v) is 12.0. The number of hydrogen-bond acceptors (Lipinski definition) is 1. The van der Waals surface area contributed by atoms with Crippen molar-refractivity contribution in [3.05, 3.63) is 0 Å². The van der Waals surface area contributed by atoms with Crippen LogP contribution in [-0.4, -0.2) is 13.1 Å². The first kappa shape index (κ1) is 15.0. The Morgan fingerprint density at radius 1 is 0.765 bits per heavy atom. The van der Waals surface area contributed by atoms with Crippen LogP contribution in [0.2, 0.25) is 0 Å². The van der Waals surface area contributed by atoms with Gasteiger partial charge in [0.05, 0.1) is 0 Å². The van der Waals surface area contributed by atoms with Gasteiger partial charge in [-0.15, -0.1) is 0 Å². The average molecular weight is 239 g/mol. The number of hydrogen-bond donors (Lipinski definition) is 1. The van der Waals surface area contributed by atoms with Gasteiger partial charge in [0.2, 0.25) is 0 Å². The predicted octanol–water partition coefficient (Wildman–Crippen LogP) is 4.91. The third kappa shape index (κ3) is 8.65. The van der Waals surface area contributed by atoms with E-state index < -0.39 is 0 Å². The molecule has 0 aromatic rings. The number of nitrogens with one attached hydrogen (secondary N) is 1. The molecule has 0 saturated heterocycles. The molecule has 0 aromatic carbocycles. The SMILES string of the molecule is CCCNCC1CCCCCCCCCCC1. The summed E-state index contributed by atoms with van der Waals surface area (Å²) in [5.74, 6) is 0.959. The van der Waals surface area contributed by atoms with Crippen LogP contribution in [0, 0.1) is 5.92 Å². The van der Waals surface area contributed by atoms with Gasteiger partial charge in [0.15, 0.2) is 0 Å². The van der Waals surface area contributed by atoms with E-state index in [1.54, 1.807) is 0 Å². The Kier molecular flexibility index (Phi) is 9.78. The van der Waals surface area contributed by atoms with Crippen LogP contribution in [0.5, 0.6) is 0 Å². The molecule has 17 heavy (non-hydrogen) atoms. The maximum absolute atomic E-state index is 3.62. The fourth-order valence-corrected chi connectivity index (χ4v) is 2.93. The zero-order chi connectivity index (χ0) is 12.2. The second kappa shape index (κ2) is 11.1. The largest absolute Gasteiger partial charge is 0.316 e. The Morgan fingerprint density at radius 3 is 1.71 bits per heavy atom. The van der Waals surface area contributed by atoms with Crippen molar-refractivity contribution in [1.82, 2.24) is 5.32 Å². The maximum atomic E-state index is 3.62. The van der Waals surface area contributed by atoms with Crippen molar-refractivity contribution in [1.29, 1.82) is 0 Å². The Balaban J connectivity index is 2.17. The summed E-state index contributed by atoms with van der Waals surface area (Å²) >= 11 is 0. The van der Waals surface area contributed by atoms with Crippen LogP contribution in [0.15, 0.2) is 0 Å². The van der Waals surface area contributed by atoms with Gasteiger partial charge >= 0.3 is 0 Å². The van der Waals surface area contributed by atoms with Gasteiger partial charge in [0.25, 0.3) is 0 Å². The van der Waals surface area contributed by atoms with Gasteiger partial charge in [0, 0.05) is 0 Å². The molecule has 0 aromatic heterocycles. The fraction of sp³-hybridized carbons (Fsp3) is 1.00. The molecule has 1 aliphatic rings. The molecule has 0 heterocycles. The molecular weight excluding hydrogens is 206 g/mol. The van der Waals surface area contributed by atoms with E-state index in [1.165, 1.54) is 90.1 Å². The number of rotatable bonds is 4. The summed E-state index contributed by atoms with van der Waals surface area (Å²) in [6, 6.07) is 0. The van der Waals surface area contributed by atoms with E-state index >= 15 is 0 Å². The Bertz CT molecular complexity index is 144. The third-order valence-electron chi connectivity index (χ3n) is 4.08. The van der Waals surface area contributed by atoms with Crippen molar-refractivity contribution in [2.45, 2.75) is 84.0 Å². The lowest BCUT2D eigenvalue weighted by Gasteiger charge is -2.18. The zero-order valence-electron chi connectivity index (χ0n) is 12.0. The van der Waals surface area contributed by atoms with Crippen molar-refractivity contribution in [3.8, 4) is 0 Å². The summed E-state index contributed by atoms with van der Waals surface area (Å²) in [7, 11) is 0. The van der Waals surface area contributed by atoms with Gasteiger partial charge in [-0.1, -0.05) is 64.7 Å². The molecule has 1 rings (SSSR count). The summed E-state index contributed by atoms with van der Waals surface area (Å²) in [6.07, 6.45) is 17.5. The van der Waals surface area contributed by atoms with Crippen LogP contribution in [0.25, 0.3) is 0 Å². The highest BCUT2D eigenvalue weighted by Gasteiger charge is 2.08. The summed E-state index contributed by atoms with van der Waals surface area (Å²) in [5, 5.41) is 3.62. The lowest BCUT2D eigenvalue weighted by atomic mass is 9.93. The minimum Gasteiger partial charge on any atom is -0.316 e. The molecule has 1 fully saturated rings. The first-order valence-electron chi connectivity index (χ1n) is 8.14. The van der Waals surface area contributed by atoms with E-state index in [9.17, 15) is 0 Å². The lowest BCUT2D eigenvalue weighted by Crippen LogP contribution is -2.23. The minimum atomic E-state index is 0.959. The Morgan fingerprint density at radius 2 is 1.24 bits per heavy atom. The quantitative estimate of drug-likeness (QED) is 0.688. The van der Waals surface area contributed by atoms with Crippen LogP contribution in [-0.2, 0) is 0 Å². The molecule has 0 radical (unpaired) electrons. The van der Waals surface area contributed by atoms with Crippen molar-refractivity contribution >= 4 is 0 Å². The topological polar surface area (TPSA) is 12.0 Å². The molecule has 1 nitrogen and oxygen atoms in total. The highest BCUT2D eigenvalue weighted by atomic mass is 14.8. The molecule has 1 aliphatic carbocycles. The van der Waals surface area contributed by atoms with Gasteiger partial charge in [0.1, 0.15) is 0 Å². The molecule has 0 amide bonds. The molecule has 1 heteroatoms. The first-order chi connectivity index (χ1) is 8.43. The fourth-order valence-electron chi connectivity index (χ4n) is 2.93. The molecule has 0 unspecified atom stereocenters. The molecule has 1 N–H and O–H groups in total. The summed E-state index contributed by atoms with van der Waals surface area (Å²) in [6.45, 7) is 4.73. The van der Waals surface area contributed by atoms with Crippen LogP contribution in [0.1, 0.15) is 84.0 Å². The maximum Gasteiger partial charge on any atom is -0.00205 e. The monoisotopic (exact) mass is 239 g/mol. The van der Waals surface area contributed by atoms with E-state index in [1.807, 2.05) is 0 Å². The molecule has 1 saturated carbocycles. The second-order valence-corrected chi connectivity index (χ2v) is 5.83. The van der Waals surface area contributed by atoms with Crippen molar-refractivity contribution in [2.24, 2.45) is 5.92 Å². The average Bonchev–Trinajstić information content (AvgIpc) is 2.32. The van der Waals surface area contributed by atoms with Crippen LogP contribution in [0.3, 0.4) is 0 Å². The van der Waals surface area contributed by atoms with E-state index in [4.69, 9.17) is 0 Å². The van der Waals surface area contributed by atoms with E-state index in [2.05, 4.69) is 12.2 Å². The van der Waals surface area contributed by atoms with Crippen molar-refractivity contribution < 1.29 is 0 Å². The van der Waals surface area contributed by atoms with Crippen LogP contribution in [0.4, 0.5) is 0 Å². The Hall–Kier alpha value is -0.0400. The molecule has 102 valence electrons. The van der Waals surface area contributed by atoms with E-state index in [0.717, 1.165) is 5.92 Å². The predicted molar refractivity (Wildman–Crippen MR) is 77.4 cm³/mol. The van der Waals surface area contributed by atoms with Crippen LogP contribution >= 0.6 is 0 Å². The van der Waals surface area contributed by atoms with Crippen molar-refractivity contribution in [3.63, 3.8) is 0 Å². The Labute approximate surface area is 109 Å². The summed E-state index contributed by atoms with van der Waals surface area (Å²) in [4.78, 5) is 0. The van der Waals surface area contributed by atoms with Gasteiger partial charge in [-0.3, -0.25) is 0 Å². The van der Waals surface area contributed by atoms with Crippen LogP contribution < -0.4 is 5.32 Å². The summed E-state index contributed by atoms with van der Waals surface area (Å²) < 4.78 is 0. The van der Waals surface area contributed by atoms with E-state index in [-0.39, 0.29) is 0 Å². The molecular formula is C16H33N. The standard InChI is InChI=1S/C16H33N/c1-2-14-17-15-16-12-10-8-6-4-3-5-7-9-11-13-16/h16-17H,2-15H2,1H3. The van der Waals surface area contributed by atoms with Gasteiger partial charge < -0.3 is 5.32 Å². The molecule has 0 spiro atoms. The molecule has 0 aliphatic heterocycles. The van der Waals surface area contributed by atoms with E-state index in [0.29, 0.717) is 0 Å². The van der Waals surface area contributed by atoms with Gasteiger partial charge in [-0.25, -0.2) is 0 Å². The second-order valence-electron chi connectivity index (χ2n) is 5.83. The molecule has 0 bridgehead atoms. The first-order valence-corrected chi connectivity index (χ1v) is 8.14. The highest BCUT2D eigenvalue weighted by Crippen LogP contribution is 2.20. The normalized spacial score (nSPS) is 21.7. The smallest absolute Gasteiger partial charge is 0.00205 e. The molecule has 0 atom stereocenters. The van der Waals surface area contributed by atoms with Gasteiger partial charge in [-0.05, 0) is 38.3 Å². The highest BCUT2D eigenvalue weighted by molar-refractivity contribution is 4.64.